The molecule has 1 saturated heterocycles. The van der Waals surface area contributed by atoms with Crippen LogP contribution in [-0.4, -0.2) is 47.5 Å². The van der Waals surface area contributed by atoms with E-state index in [0.29, 0.717) is 24.0 Å². The summed E-state index contributed by atoms with van der Waals surface area (Å²) >= 11 is 0. The van der Waals surface area contributed by atoms with Crippen LogP contribution >= 0.6 is 0 Å². The Kier molecular flexibility index (Phi) is 7.52. The van der Waals surface area contributed by atoms with Gasteiger partial charge in [-0.2, -0.15) is 0 Å². The summed E-state index contributed by atoms with van der Waals surface area (Å²) in [7, 11) is 0. The van der Waals surface area contributed by atoms with Gasteiger partial charge in [0.05, 0.1) is 6.10 Å². The number of carbonyl (C=O) groups is 3. The lowest BCUT2D eigenvalue weighted by molar-refractivity contribution is -0.128. The molecule has 3 atom stereocenters. The van der Waals surface area contributed by atoms with E-state index >= 15 is 0 Å². The van der Waals surface area contributed by atoms with Crippen LogP contribution in [0.2, 0.25) is 0 Å². The van der Waals surface area contributed by atoms with Gasteiger partial charge in [-0.15, -0.1) is 0 Å². The molecule has 3 rings (SSSR count). The fourth-order valence-electron chi connectivity index (χ4n) is 5.02. The number of hydrogen-bond donors (Lipinski definition) is 3. The van der Waals surface area contributed by atoms with E-state index in [2.05, 4.69) is 17.6 Å². The van der Waals surface area contributed by atoms with E-state index in [-0.39, 0.29) is 46.9 Å². The topological polar surface area (TPSA) is 105 Å². The summed E-state index contributed by atoms with van der Waals surface area (Å²) in [4.78, 5) is 38.8. The highest BCUT2D eigenvalue weighted by molar-refractivity contribution is 5.99. The molecule has 1 saturated carbocycles. The summed E-state index contributed by atoms with van der Waals surface area (Å²) in [5.74, 6) is -0.727. The number of ketones is 1. The number of phenols is 1. The van der Waals surface area contributed by atoms with Crippen LogP contribution in [0.4, 0.5) is 0 Å². The van der Waals surface area contributed by atoms with E-state index in [1.807, 2.05) is 27.7 Å². The van der Waals surface area contributed by atoms with Gasteiger partial charge in [0, 0.05) is 11.1 Å². The first kappa shape index (κ1) is 25.2. The van der Waals surface area contributed by atoms with Crippen molar-refractivity contribution < 1.29 is 24.2 Å². The maximum Gasteiger partial charge on any atom is 0.251 e. The number of Topliss-reactive ketones (excluding diaryl/α,β-unsaturated/α-hetero) is 1. The number of ether oxygens (including phenoxy) is 1. The van der Waals surface area contributed by atoms with Crippen molar-refractivity contribution in [1.29, 1.82) is 0 Å². The molecule has 7 heteroatoms. The van der Waals surface area contributed by atoms with Crippen LogP contribution < -0.4 is 10.6 Å². The zero-order valence-corrected chi connectivity index (χ0v) is 20.5. The van der Waals surface area contributed by atoms with Crippen LogP contribution in [0.3, 0.4) is 0 Å². The molecule has 1 aromatic rings. The molecule has 0 bridgehead atoms. The molecule has 7 nitrogen and oxygen atoms in total. The van der Waals surface area contributed by atoms with Crippen LogP contribution in [0.1, 0.15) is 89.1 Å². The quantitative estimate of drug-likeness (QED) is 0.579. The first-order valence-corrected chi connectivity index (χ1v) is 12.0. The summed E-state index contributed by atoms with van der Waals surface area (Å²) in [6.45, 7) is 9.97. The normalized spacial score (nSPS) is 23.4. The molecule has 182 valence electrons. The Bertz CT molecular complexity index is 898. The Morgan fingerprint density at radius 2 is 1.91 bits per heavy atom. The van der Waals surface area contributed by atoms with Gasteiger partial charge in [0.15, 0.2) is 5.78 Å². The largest absolute Gasteiger partial charge is 0.508 e. The third kappa shape index (κ3) is 5.94. The first-order chi connectivity index (χ1) is 15.4. The molecule has 3 N–H and O–H groups in total. The number of aromatic hydroxyl groups is 1. The summed E-state index contributed by atoms with van der Waals surface area (Å²) in [5.41, 5.74) is 0.672. The molecule has 1 aliphatic carbocycles. The van der Waals surface area contributed by atoms with E-state index < -0.39 is 12.1 Å². The van der Waals surface area contributed by atoms with Crippen LogP contribution in [0, 0.1) is 5.41 Å². The molecule has 0 radical (unpaired) electrons. The Morgan fingerprint density at radius 1 is 1.24 bits per heavy atom. The van der Waals surface area contributed by atoms with Crippen molar-refractivity contribution in [3.8, 4) is 5.75 Å². The minimum absolute atomic E-state index is 0.00127. The van der Waals surface area contributed by atoms with Gasteiger partial charge in [-0.3, -0.25) is 14.4 Å². The molecule has 2 amide bonds. The predicted molar refractivity (Wildman–Crippen MR) is 126 cm³/mol. The summed E-state index contributed by atoms with van der Waals surface area (Å²) in [6.07, 6.45) is 5.01. The van der Waals surface area contributed by atoms with E-state index in [4.69, 9.17) is 4.74 Å². The lowest BCUT2D eigenvalue weighted by atomic mass is 9.81. The molecule has 33 heavy (non-hydrogen) atoms. The van der Waals surface area contributed by atoms with Crippen molar-refractivity contribution in [3.63, 3.8) is 0 Å². The second-order valence-electron chi connectivity index (χ2n) is 10.9. The molecule has 2 fully saturated rings. The molecule has 1 heterocycles. The fraction of sp³-hybridized carbons (Fsp3) is 0.654. The van der Waals surface area contributed by atoms with Gasteiger partial charge >= 0.3 is 0 Å². The molecule has 0 unspecified atom stereocenters. The molecule has 1 aromatic carbocycles. The molecule has 1 aliphatic heterocycles. The maximum atomic E-state index is 13.3. The Balaban J connectivity index is 1.81. The number of hydrogen-bond acceptors (Lipinski definition) is 5. The Labute approximate surface area is 196 Å². The average Bonchev–Trinajstić information content (AvgIpc) is 3.32. The third-order valence-corrected chi connectivity index (χ3v) is 7.05. The number of rotatable bonds is 7. The van der Waals surface area contributed by atoms with Crippen molar-refractivity contribution >= 4 is 17.6 Å². The van der Waals surface area contributed by atoms with Gasteiger partial charge in [-0.1, -0.05) is 47.5 Å². The van der Waals surface area contributed by atoms with Crippen molar-refractivity contribution in [2.24, 2.45) is 5.41 Å². The van der Waals surface area contributed by atoms with E-state index in [1.54, 1.807) is 12.1 Å². The third-order valence-electron chi connectivity index (χ3n) is 7.05. The second kappa shape index (κ2) is 9.84. The highest BCUT2D eigenvalue weighted by Crippen LogP contribution is 2.41. The number of amides is 2. The van der Waals surface area contributed by atoms with Crippen LogP contribution in [0.15, 0.2) is 18.2 Å². The molecule has 0 aromatic heterocycles. The lowest BCUT2D eigenvalue weighted by Crippen LogP contribution is -2.54. The van der Waals surface area contributed by atoms with Crippen molar-refractivity contribution in [3.05, 3.63) is 29.3 Å². The molecular formula is C26H38N2O5. The van der Waals surface area contributed by atoms with Crippen molar-refractivity contribution in [2.45, 2.75) is 96.7 Å². The number of nitrogens with one attached hydrogen (secondary N) is 2. The van der Waals surface area contributed by atoms with Crippen LogP contribution in [0.5, 0.6) is 5.75 Å². The molecule has 0 spiro atoms. The average molecular weight is 459 g/mol. The van der Waals surface area contributed by atoms with Gasteiger partial charge in [-0.05, 0) is 54.7 Å². The van der Waals surface area contributed by atoms with E-state index in [9.17, 15) is 19.5 Å². The standard InChI is InChI=1S/C26H38N2O5/c1-6-21-22(20(30)15-33-21)28-24(32)18(14-26(5)11-7-8-12-26)27-23(31)16-9-10-19(29)17(13-16)25(2,3)4/h9-10,13,18,21-22,29H,6-8,11-12,14-15H2,1-5H3,(H,27,31)(H,28,32)/t18-,21-,22+/m0/s1. The van der Waals surface area contributed by atoms with Gasteiger partial charge in [0.2, 0.25) is 5.91 Å². The zero-order chi connectivity index (χ0) is 24.4. The van der Waals surface area contributed by atoms with Crippen molar-refractivity contribution in [2.75, 3.05) is 6.61 Å². The molecular weight excluding hydrogens is 420 g/mol. The number of benzene rings is 1. The highest BCUT2D eigenvalue weighted by atomic mass is 16.5. The van der Waals surface area contributed by atoms with Crippen molar-refractivity contribution in [1.82, 2.24) is 10.6 Å². The van der Waals surface area contributed by atoms with Gasteiger partial charge in [0.25, 0.3) is 5.91 Å². The summed E-state index contributed by atoms with van der Waals surface area (Å²) in [5, 5.41) is 16.0. The van der Waals surface area contributed by atoms with Crippen LogP contribution in [-0.2, 0) is 19.7 Å². The smallest absolute Gasteiger partial charge is 0.251 e. The summed E-state index contributed by atoms with van der Waals surface area (Å²) < 4.78 is 5.49. The van der Waals surface area contributed by atoms with E-state index in [1.165, 1.54) is 6.07 Å². The zero-order valence-electron chi connectivity index (χ0n) is 20.5. The first-order valence-electron chi connectivity index (χ1n) is 12.0. The number of carbonyl (C=O) groups excluding carboxylic acids is 3. The van der Waals surface area contributed by atoms with E-state index in [0.717, 1.165) is 25.7 Å². The Hall–Kier alpha value is -2.41. The van der Waals surface area contributed by atoms with Gasteiger partial charge < -0.3 is 20.5 Å². The predicted octanol–water partition coefficient (Wildman–Crippen LogP) is 3.62. The minimum Gasteiger partial charge on any atom is -0.508 e. The maximum absolute atomic E-state index is 13.3. The second-order valence-corrected chi connectivity index (χ2v) is 10.9. The molecule has 2 aliphatic rings. The monoisotopic (exact) mass is 458 g/mol. The minimum atomic E-state index is -0.765. The van der Waals surface area contributed by atoms with Gasteiger partial charge in [-0.25, -0.2) is 0 Å². The lowest BCUT2D eigenvalue weighted by Gasteiger charge is -2.30. The SMILES string of the molecule is CC[C@@H]1OCC(=O)[C@H]1NC(=O)[C@H](CC1(C)CCCC1)NC(=O)c1ccc(O)c(C(C)(C)C)c1. The Morgan fingerprint density at radius 3 is 2.52 bits per heavy atom. The van der Waals surface area contributed by atoms with Crippen LogP contribution in [0.25, 0.3) is 0 Å². The summed E-state index contributed by atoms with van der Waals surface area (Å²) in [6, 6.07) is 3.31. The highest BCUT2D eigenvalue weighted by Gasteiger charge is 2.40. The van der Waals surface area contributed by atoms with Gasteiger partial charge in [0.1, 0.15) is 24.4 Å². The fourth-order valence-corrected chi connectivity index (χ4v) is 5.02. The number of phenolic OH excluding ortho intramolecular Hbond substituents is 1.